The highest BCUT2D eigenvalue weighted by Gasteiger charge is 2.60. The van der Waals surface area contributed by atoms with Gasteiger partial charge in [-0.25, -0.2) is 0 Å². The largest absolute Gasteiger partial charge is 0.462 e. The molecular formula is C50H74O15. The smallest absolute Gasteiger partial charge is 0.316 e. The Hall–Kier alpha value is -2.35. The number of hydrogen-bond acceptors (Lipinski definition) is 15. The minimum atomic E-state index is -1.72. The molecule has 0 radical (unpaired) electrons. The molecule has 0 aromatic heterocycles. The highest BCUT2D eigenvalue weighted by molar-refractivity contribution is 5.78. The molecule has 0 aromatic rings. The van der Waals surface area contributed by atoms with E-state index in [1.54, 1.807) is 34.3 Å². The van der Waals surface area contributed by atoms with Crippen LogP contribution in [0.15, 0.2) is 59.3 Å². The Morgan fingerprint density at radius 3 is 2.26 bits per heavy atom. The number of rotatable bonds is 8. The lowest BCUT2D eigenvalue weighted by atomic mass is 9.70. The van der Waals surface area contributed by atoms with E-state index in [9.17, 15) is 15.0 Å². The van der Waals surface area contributed by atoms with Crippen LogP contribution in [-0.2, 0) is 61.6 Å². The molecule has 1 aliphatic carbocycles. The zero-order valence-corrected chi connectivity index (χ0v) is 39.7. The van der Waals surface area contributed by atoms with Crippen molar-refractivity contribution < 1.29 is 71.8 Å². The number of aliphatic hydroxyl groups is 2. The first-order valence-corrected chi connectivity index (χ1v) is 23.9. The Morgan fingerprint density at radius 2 is 1.52 bits per heavy atom. The summed E-state index contributed by atoms with van der Waals surface area (Å²) in [6.07, 6.45) is 10.7. The van der Waals surface area contributed by atoms with Crippen molar-refractivity contribution >= 4 is 5.97 Å². The Kier molecular flexibility index (Phi) is 15.6. The van der Waals surface area contributed by atoms with Gasteiger partial charge in [0.05, 0.1) is 49.3 Å². The minimum Gasteiger partial charge on any atom is -0.462 e. The maximum absolute atomic E-state index is 14.6. The number of fused-ring (bicyclic) bond motifs is 2. The van der Waals surface area contributed by atoms with E-state index >= 15 is 0 Å². The molecule has 5 fully saturated rings. The Balaban J connectivity index is 1.09. The molecule has 19 atom stereocenters. The summed E-state index contributed by atoms with van der Waals surface area (Å²) in [5.41, 5.74) is 0.612. The highest BCUT2D eigenvalue weighted by atomic mass is 16.7. The second kappa shape index (κ2) is 20.7. The number of methoxy groups -OCH3 is 3. The summed E-state index contributed by atoms with van der Waals surface area (Å²) in [5, 5.41) is 23.3. The zero-order chi connectivity index (χ0) is 46.2. The molecule has 5 saturated heterocycles. The fraction of sp³-hybridized carbons (Fsp3) is 0.780. The van der Waals surface area contributed by atoms with E-state index < -0.39 is 90.8 Å². The molecule has 0 amide bonds. The molecule has 7 aliphatic heterocycles. The van der Waals surface area contributed by atoms with E-state index in [0.29, 0.717) is 56.8 Å². The first kappa shape index (κ1) is 49.1. The van der Waals surface area contributed by atoms with Crippen molar-refractivity contribution in [3.63, 3.8) is 0 Å². The van der Waals surface area contributed by atoms with Gasteiger partial charge < -0.3 is 67.1 Å². The van der Waals surface area contributed by atoms with Gasteiger partial charge in [0.2, 0.25) is 0 Å². The van der Waals surface area contributed by atoms with Crippen LogP contribution in [0.5, 0.6) is 0 Å². The van der Waals surface area contributed by atoms with Gasteiger partial charge in [-0.05, 0) is 75.7 Å². The van der Waals surface area contributed by atoms with Crippen molar-refractivity contribution in [2.75, 3.05) is 41.2 Å². The van der Waals surface area contributed by atoms with E-state index in [-0.39, 0.29) is 36.8 Å². The number of aliphatic hydroxyl groups excluding tert-OH is 1. The maximum atomic E-state index is 14.6. The summed E-state index contributed by atoms with van der Waals surface area (Å²) >= 11 is 0. The van der Waals surface area contributed by atoms with Crippen LogP contribution >= 0.6 is 0 Å². The molecular weight excluding hydrogens is 841 g/mol. The maximum Gasteiger partial charge on any atom is 0.316 e. The third kappa shape index (κ3) is 10.2. The van der Waals surface area contributed by atoms with E-state index in [2.05, 4.69) is 32.9 Å². The van der Waals surface area contributed by atoms with E-state index in [1.165, 1.54) is 0 Å². The van der Waals surface area contributed by atoms with Crippen molar-refractivity contribution in [3.8, 4) is 0 Å². The molecule has 0 aromatic carbocycles. The van der Waals surface area contributed by atoms with Crippen LogP contribution in [0.4, 0.5) is 0 Å². The summed E-state index contributed by atoms with van der Waals surface area (Å²) in [5.74, 6) is -2.38. The first-order valence-electron chi connectivity index (χ1n) is 23.9. The fourth-order valence-electron chi connectivity index (χ4n) is 11.6. The summed E-state index contributed by atoms with van der Waals surface area (Å²) < 4.78 is 76.0. The van der Waals surface area contributed by atoms with Gasteiger partial charge in [0, 0.05) is 72.1 Å². The van der Waals surface area contributed by atoms with Gasteiger partial charge in [0.1, 0.15) is 42.0 Å². The lowest BCUT2D eigenvalue weighted by Gasteiger charge is -2.49. The standard InChI is InChI=1S/C50H74O15/c1-27-11-10-12-34-26-58-47-45(56-9)30(4)21-37(50(34,47)53)48(52)61-36-22-35(64-49(25-36)18-15-29(3)44(65-49)33-16-19-57-20-17-33)14-13-28(2)43(27)62-41-24-39(55-8)46(32(6)60-41)63-40-23-38(54-7)42(51)31(5)59-40/h10-13,15,18,21,27,29,31-33,35-47,51,53H,14,16-17,19-20,22-26H2,1-9H3/b11-10-,28-13-,34-12?/t27-,29-,31-,32-,35+,36-,37-,38-,39-,40-,41-,42-,43-,44?,45+,46-,47+,49+,50+/m0/s1. The third-order valence-corrected chi connectivity index (χ3v) is 15.3. The second-order valence-corrected chi connectivity index (χ2v) is 19.7. The lowest BCUT2D eigenvalue weighted by Crippen LogP contribution is -2.58. The molecule has 65 heavy (non-hydrogen) atoms. The van der Waals surface area contributed by atoms with Crippen LogP contribution in [0.3, 0.4) is 0 Å². The van der Waals surface area contributed by atoms with Gasteiger partial charge in [0.15, 0.2) is 18.4 Å². The molecule has 8 rings (SSSR count). The summed E-state index contributed by atoms with van der Waals surface area (Å²) in [4.78, 5) is 14.6. The van der Waals surface area contributed by atoms with Crippen LogP contribution in [0.1, 0.15) is 86.5 Å². The molecule has 8 aliphatic rings. The molecule has 7 heterocycles. The number of hydrogen-bond donors (Lipinski definition) is 2. The quantitative estimate of drug-likeness (QED) is 0.234. The van der Waals surface area contributed by atoms with E-state index in [1.807, 2.05) is 38.2 Å². The summed E-state index contributed by atoms with van der Waals surface area (Å²) in [6, 6.07) is 0. The zero-order valence-electron chi connectivity index (χ0n) is 39.7. The molecule has 15 heteroatoms. The van der Waals surface area contributed by atoms with Crippen LogP contribution in [0.25, 0.3) is 0 Å². The predicted octanol–water partition coefficient (Wildman–Crippen LogP) is 5.41. The molecule has 1 spiro atoms. The predicted molar refractivity (Wildman–Crippen MR) is 236 cm³/mol. The summed E-state index contributed by atoms with van der Waals surface area (Å²) in [6.45, 7) is 13.5. The van der Waals surface area contributed by atoms with Crippen LogP contribution in [-0.4, -0.2) is 155 Å². The van der Waals surface area contributed by atoms with Gasteiger partial charge in [0.25, 0.3) is 0 Å². The topological polar surface area (TPSA) is 168 Å². The molecule has 364 valence electrons. The first-order chi connectivity index (χ1) is 31.2. The average Bonchev–Trinajstić information content (AvgIpc) is 3.62. The molecule has 0 saturated carbocycles. The van der Waals surface area contributed by atoms with E-state index in [0.717, 1.165) is 24.0 Å². The van der Waals surface area contributed by atoms with Gasteiger partial charge in [-0.1, -0.05) is 50.3 Å². The Morgan fingerprint density at radius 1 is 0.800 bits per heavy atom. The van der Waals surface area contributed by atoms with Crippen molar-refractivity contribution in [2.45, 2.75) is 184 Å². The minimum absolute atomic E-state index is 0.0907. The van der Waals surface area contributed by atoms with Crippen molar-refractivity contribution in [1.29, 1.82) is 0 Å². The van der Waals surface area contributed by atoms with Crippen molar-refractivity contribution in [1.82, 2.24) is 0 Å². The van der Waals surface area contributed by atoms with Crippen molar-refractivity contribution in [3.05, 3.63) is 59.3 Å². The highest BCUT2D eigenvalue weighted by Crippen LogP contribution is 2.48. The Labute approximate surface area is 384 Å². The van der Waals surface area contributed by atoms with Crippen LogP contribution in [0.2, 0.25) is 0 Å². The van der Waals surface area contributed by atoms with Crippen LogP contribution < -0.4 is 0 Å². The van der Waals surface area contributed by atoms with E-state index in [4.69, 9.17) is 56.8 Å². The van der Waals surface area contributed by atoms with Gasteiger partial charge in [-0.2, -0.15) is 0 Å². The Bertz CT molecular complexity index is 1810. The number of carbonyl (C=O) groups excluding carboxylic acids is 1. The number of esters is 1. The SMILES string of the molecule is CO[C@H]1C[C@H](O[C@H]2[C@H](C)O[C@@H](O[C@@H]3/C(C)=C\C[C@@H]4C[C@@H](C[C@]5(C=C[C@H](C)C(C6CCOCC6)O5)O4)OC(=O)[C@@H]4C=C(C)[C@@H](OC)[C@H]5OCC(=C/C=C\[C@@H]3C)[C@]54O)C[C@@H]2OC)O[C@@H](C)[C@@H]1O. The monoisotopic (exact) mass is 915 g/mol. The number of allylic oxidation sites excluding steroid dienone is 2. The summed E-state index contributed by atoms with van der Waals surface area (Å²) in [7, 11) is 4.82. The van der Waals surface area contributed by atoms with Gasteiger partial charge in [-0.15, -0.1) is 0 Å². The molecule has 1 unspecified atom stereocenters. The molecule has 2 bridgehead atoms. The molecule has 15 nitrogen and oxygen atoms in total. The normalized spacial score (nSPS) is 47.8. The number of carbonyl (C=O) groups is 1. The number of ether oxygens (including phenoxy) is 12. The second-order valence-electron chi connectivity index (χ2n) is 19.7. The molecule has 2 N–H and O–H groups in total. The lowest BCUT2D eigenvalue weighted by molar-refractivity contribution is -0.318. The average molecular weight is 915 g/mol. The van der Waals surface area contributed by atoms with Crippen LogP contribution in [0, 0.1) is 23.7 Å². The van der Waals surface area contributed by atoms with Crippen molar-refractivity contribution in [2.24, 2.45) is 23.7 Å². The fourth-order valence-corrected chi connectivity index (χ4v) is 11.6. The van der Waals surface area contributed by atoms with Gasteiger partial charge in [-0.3, -0.25) is 4.79 Å². The van der Waals surface area contributed by atoms with Gasteiger partial charge >= 0.3 is 5.97 Å². The third-order valence-electron chi connectivity index (χ3n) is 15.3.